The molecule has 1 saturated carbocycles. The number of aryl methyl sites for hydroxylation is 2. The van der Waals surface area contributed by atoms with Crippen LogP contribution in [0, 0.1) is 12.8 Å². The van der Waals surface area contributed by atoms with Crippen molar-refractivity contribution in [2.24, 2.45) is 18.0 Å². The van der Waals surface area contributed by atoms with Crippen LogP contribution in [-0.2, 0) is 26.7 Å². The number of hydrogen-bond acceptors (Lipinski definition) is 5. The third-order valence-corrected chi connectivity index (χ3v) is 6.14. The molecule has 3 rings (SSSR count). The normalized spacial score (nSPS) is 16.1. The van der Waals surface area contributed by atoms with E-state index in [4.69, 9.17) is 9.47 Å². The molecule has 0 amide bonds. The number of benzene rings is 1. The SMILES string of the molecule is CN=C/C(=C(/OCOC(=O)C1CCCCC1)c1cc(C)nn1C)c1ccc(C(C)(C)C)cc1. The molecule has 6 heteroatoms. The molecular formula is C27H37N3O3. The van der Waals surface area contributed by atoms with Crippen LogP contribution in [0.4, 0.5) is 0 Å². The number of hydrogen-bond donors (Lipinski definition) is 0. The Hall–Kier alpha value is -2.89. The number of nitrogens with zero attached hydrogens (tertiary/aromatic N) is 3. The minimum atomic E-state index is -0.171. The van der Waals surface area contributed by atoms with Gasteiger partial charge in [0.15, 0.2) is 5.76 Å². The summed E-state index contributed by atoms with van der Waals surface area (Å²) in [7, 11) is 3.61. The second-order valence-electron chi connectivity index (χ2n) is 9.81. The molecular weight excluding hydrogens is 414 g/mol. The van der Waals surface area contributed by atoms with E-state index in [-0.39, 0.29) is 24.1 Å². The molecule has 0 radical (unpaired) electrons. The molecule has 0 atom stereocenters. The van der Waals surface area contributed by atoms with Crippen LogP contribution in [0.25, 0.3) is 11.3 Å². The van der Waals surface area contributed by atoms with Crippen LogP contribution in [0.3, 0.4) is 0 Å². The van der Waals surface area contributed by atoms with Crippen molar-refractivity contribution in [2.45, 2.75) is 65.2 Å². The van der Waals surface area contributed by atoms with E-state index in [1.165, 1.54) is 12.0 Å². The fraction of sp³-hybridized carbons (Fsp3) is 0.519. The van der Waals surface area contributed by atoms with Gasteiger partial charge in [-0.05, 0) is 42.4 Å². The fourth-order valence-electron chi connectivity index (χ4n) is 4.26. The molecule has 1 heterocycles. The smallest absolute Gasteiger partial charge is 0.311 e. The Balaban J connectivity index is 1.93. The number of aromatic nitrogens is 2. The zero-order valence-electron chi connectivity index (χ0n) is 20.9. The Morgan fingerprint density at radius 1 is 1.15 bits per heavy atom. The minimum absolute atomic E-state index is 0.0182. The molecule has 0 spiro atoms. The van der Waals surface area contributed by atoms with Gasteiger partial charge in [-0.1, -0.05) is 64.3 Å². The average molecular weight is 452 g/mol. The van der Waals surface area contributed by atoms with Crippen molar-refractivity contribution in [3.8, 4) is 0 Å². The van der Waals surface area contributed by atoms with Crippen LogP contribution in [0.5, 0.6) is 0 Å². The summed E-state index contributed by atoms with van der Waals surface area (Å²) in [5.41, 5.74) is 4.78. The number of esters is 1. The van der Waals surface area contributed by atoms with Gasteiger partial charge in [-0.3, -0.25) is 14.5 Å². The summed E-state index contributed by atoms with van der Waals surface area (Å²) in [4.78, 5) is 16.8. The van der Waals surface area contributed by atoms with Crippen molar-refractivity contribution in [2.75, 3.05) is 13.8 Å². The van der Waals surface area contributed by atoms with Gasteiger partial charge >= 0.3 is 5.97 Å². The number of carbonyl (C=O) groups is 1. The van der Waals surface area contributed by atoms with E-state index in [1.807, 2.05) is 20.0 Å². The highest BCUT2D eigenvalue weighted by atomic mass is 16.7. The van der Waals surface area contributed by atoms with Gasteiger partial charge in [0.1, 0.15) is 5.69 Å². The van der Waals surface area contributed by atoms with Crippen molar-refractivity contribution < 1.29 is 14.3 Å². The summed E-state index contributed by atoms with van der Waals surface area (Å²) < 4.78 is 13.5. The van der Waals surface area contributed by atoms with Gasteiger partial charge in [0, 0.05) is 25.9 Å². The highest BCUT2D eigenvalue weighted by Crippen LogP contribution is 2.30. The van der Waals surface area contributed by atoms with Gasteiger partial charge in [0.2, 0.25) is 6.79 Å². The first-order valence-corrected chi connectivity index (χ1v) is 11.8. The third-order valence-electron chi connectivity index (χ3n) is 6.14. The van der Waals surface area contributed by atoms with Crippen LogP contribution in [-0.4, -0.2) is 35.8 Å². The van der Waals surface area contributed by atoms with Crippen molar-refractivity contribution in [3.63, 3.8) is 0 Å². The summed E-state index contributed by atoms with van der Waals surface area (Å²) in [6, 6.07) is 10.4. The minimum Gasteiger partial charge on any atom is -0.454 e. The predicted molar refractivity (Wildman–Crippen MR) is 133 cm³/mol. The highest BCUT2D eigenvalue weighted by molar-refractivity contribution is 6.18. The van der Waals surface area contributed by atoms with E-state index < -0.39 is 0 Å². The van der Waals surface area contributed by atoms with Crippen molar-refractivity contribution in [1.29, 1.82) is 0 Å². The Bertz CT molecular complexity index is 1000. The largest absolute Gasteiger partial charge is 0.454 e. The molecule has 6 nitrogen and oxygen atoms in total. The molecule has 0 unspecified atom stereocenters. The van der Waals surface area contributed by atoms with Crippen LogP contribution in [0.15, 0.2) is 35.3 Å². The zero-order chi connectivity index (χ0) is 24.0. The highest BCUT2D eigenvalue weighted by Gasteiger charge is 2.23. The quantitative estimate of drug-likeness (QED) is 0.235. The number of carbonyl (C=O) groups excluding carboxylic acids is 1. The predicted octanol–water partition coefficient (Wildman–Crippen LogP) is 5.69. The second-order valence-corrected chi connectivity index (χ2v) is 9.81. The van der Waals surface area contributed by atoms with Gasteiger partial charge in [0.05, 0.1) is 11.6 Å². The van der Waals surface area contributed by atoms with E-state index in [0.717, 1.165) is 48.2 Å². The van der Waals surface area contributed by atoms with Gasteiger partial charge < -0.3 is 9.47 Å². The molecule has 1 aromatic carbocycles. The Morgan fingerprint density at radius 3 is 2.36 bits per heavy atom. The maximum Gasteiger partial charge on any atom is 0.311 e. The van der Waals surface area contributed by atoms with Crippen molar-refractivity contribution in [3.05, 3.63) is 52.8 Å². The molecule has 0 bridgehead atoms. The standard InChI is InChI=1S/C27H37N3O3/c1-19-16-24(30(6)29-19)25(32-18-33-26(31)21-10-8-7-9-11-21)23(17-28-5)20-12-14-22(15-13-20)27(2,3)4/h12-17,21H,7-11,18H2,1-6H3/b25-23-,28-17?. The number of rotatable bonds is 7. The van der Waals surface area contributed by atoms with E-state index >= 15 is 0 Å². The molecule has 1 aliphatic carbocycles. The van der Waals surface area contributed by atoms with Crippen molar-refractivity contribution >= 4 is 23.5 Å². The average Bonchev–Trinajstić information content (AvgIpc) is 3.13. The van der Waals surface area contributed by atoms with Crippen LogP contribution < -0.4 is 0 Å². The lowest BCUT2D eigenvalue weighted by atomic mass is 9.86. The molecule has 0 saturated heterocycles. The van der Waals surface area contributed by atoms with E-state index in [9.17, 15) is 4.79 Å². The third kappa shape index (κ3) is 6.34. The van der Waals surface area contributed by atoms with Gasteiger partial charge in [0.25, 0.3) is 0 Å². The molecule has 1 aromatic heterocycles. The Morgan fingerprint density at radius 2 is 1.82 bits per heavy atom. The lowest BCUT2D eigenvalue weighted by Crippen LogP contribution is -2.21. The summed E-state index contributed by atoms with van der Waals surface area (Å²) in [5, 5.41) is 4.48. The summed E-state index contributed by atoms with van der Waals surface area (Å²) in [6.07, 6.45) is 6.95. The summed E-state index contributed by atoms with van der Waals surface area (Å²) in [5.74, 6) is 0.398. The Kier molecular flexibility index (Phi) is 8.11. The first-order valence-electron chi connectivity index (χ1n) is 11.8. The van der Waals surface area contributed by atoms with Gasteiger partial charge in [-0.2, -0.15) is 5.10 Å². The van der Waals surface area contributed by atoms with Gasteiger partial charge in [-0.25, -0.2) is 0 Å². The molecule has 1 fully saturated rings. The fourth-order valence-corrected chi connectivity index (χ4v) is 4.26. The second kappa shape index (κ2) is 10.8. The Labute approximate surface area is 197 Å². The molecule has 33 heavy (non-hydrogen) atoms. The van der Waals surface area contributed by atoms with Crippen LogP contribution in [0.1, 0.15) is 75.4 Å². The zero-order valence-corrected chi connectivity index (χ0v) is 20.9. The van der Waals surface area contributed by atoms with E-state index in [0.29, 0.717) is 5.76 Å². The maximum atomic E-state index is 12.5. The van der Waals surface area contributed by atoms with Crippen LogP contribution in [0.2, 0.25) is 0 Å². The summed E-state index contributed by atoms with van der Waals surface area (Å²) >= 11 is 0. The monoisotopic (exact) mass is 451 g/mol. The first-order chi connectivity index (χ1) is 15.7. The van der Waals surface area contributed by atoms with E-state index in [2.05, 4.69) is 55.1 Å². The number of allylic oxidation sites excluding steroid dienone is 1. The molecule has 178 valence electrons. The van der Waals surface area contributed by atoms with Crippen LogP contribution >= 0.6 is 0 Å². The molecule has 0 N–H and O–H groups in total. The molecule has 1 aliphatic rings. The molecule has 0 aliphatic heterocycles. The first kappa shape index (κ1) is 24.7. The maximum absolute atomic E-state index is 12.5. The lowest BCUT2D eigenvalue weighted by molar-refractivity contribution is -0.157. The summed E-state index contributed by atoms with van der Waals surface area (Å²) in [6.45, 7) is 8.38. The van der Waals surface area contributed by atoms with Crippen molar-refractivity contribution in [1.82, 2.24) is 9.78 Å². The topological polar surface area (TPSA) is 65.7 Å². The lowest BCUT2D eigenvalue weighted by Gasteiger charge is -2.21. The number of aliphatic imine (C=N–C) groups is 1. The molecule has 2 aromatic rings. The number of ether oxygens (including phenoxy) is 2. The van der Waals surface area contributed by atoms with E-state index in [1.54, 1.807) is 17.9 Å². The van der Waals surface area contributed by atoms with Gasteiger partial charge in [-0.15, -0.1) is 0 Å².